The van der Waals surface area contributed by atoms with Gasteiger partial charge in [0.25, 0.3) is 0 Å². The van der Waals surface area contributed by atoms with E-state index in [1.54, 1.807) is 16.8 Å². The van der Waals surface area contributed by atoms with Crippen LogP contribution in [0.3, 0.4) is 0 Å². The van der Waals surface area contributed by atoms with Gasteiger partial charge in [0.05, 0.1) is 28.1 Å². The Morgan fingerprint density at radius 3 is 2.95 bits per heavy atom. The molecule has 0 saturated heterocycles. The Balaban J connectivity index is 2.29. The lowest BCUT2D eigenvalue weighted by Crippen LogP contribution is -2.37. The van der Waals surface area contributed by atoms with Crippen LogP contribution in [0.2, 0.25) is 0 Å². The first-order chi connectivity index (χ1) is 9.17. The fourth-order valence-corrected chi connectivity index (χ4v) is 2.70. The maximum absolute atomic E-state index is 11.7. The Hall–Kier alpha value is -1.82. The molecule has 1 heterocycles. The first-order valence-corrected chi connectivity index (χ1v) is 7.18. The summed E-state index contributed by atoms with van der Waals surface area (Å²) in [5, 5.41) is 2.80. The average molecular weight is 278 g/mol. The van der Waals surface area contributed by atoms with Crippen LogP contribution < -0.4 is 16.0 Å². The summed E-state index contributed by atoms with van der Waals surface area (Å²) in [4.78, 5) is 17.9. The fraction of sp³-hybridized carbons (Fsp3) is 0.385. The van der Waals surface area contributed by atoms with Crippen LogP contribution in [0, 0.1) is 0 Å². The molecular formula is C13H18N4OS. The number of carbonyl (C=O) groups is 1. The van der Waals surface area contributed by atoms with Crippen LogP contribution in [0.25, 0.3) is 10.2 Å². The highest BCUT2D eigenvalue weighted by Crippen LogP contribution is 2.32. The number of nitrogens with one attached hydrogen (secondary N) is 1. The zero-order valence-electron chi connectivity index (χ0n) is 11.1. The SMILES string of the molecule is CCNC(=O)CN(CC)c1ccc2scnc2c1N. The Morgan fingerprint density at radius 2 is 2.26 bits per heavy atom. The molecule has 0 radical (unpaired) electrons. The third-order valence-corrected chi connectivity index (χ3v) is 3.74. The fourth-order valence-electron chi connectivity index (χ4n) is 2.01. The molecule has 5 nitrogen and oxygen atoms in total. The van der Waals surface area contributed by atoms with Gasteiger partial charge in [0.1, 0.15) is 5.52 Å². The zero-order chi connectivity index (χ0) is 13.8. The van der Waals surface area contributed by atoms with E-state index in [1.807, 2.05) is 30.9 Å². The molecule has 19 heavy (non-hydrogen) atoms. The van der Waals surface area contributed by atoms with Gasteiger partial charge in [0, 0.05) is 13.1 Å². The predicted molar refractivity (Wildman–Crippen MR) is 80.6 cm³/mol. The number of hydrogen-bond donors (Lipinski definition) is 2. The highest BCUT2D eigenvalue weighted by Gasteiger charge is 2.14. The van der Waals surface area contributed by atoms with E-state index in [0.29, 0.717) is 18.8 Å². The van der Waals surface area contributed by atoms with Crippen molar-refractivity contribution in [3.8, 4) is 0 Å². The van der Waals surface area contributed by atoms with Crippen molar-refractivity contribution in [2.45, 2.75) is 13.8 Å². The summed E-state index contributed by atoms with van der Waals surface area (Å²) < 4.78 is 1.07. The molecule has 1 aromatic carbocycles. The van der Waals surface area contributed by atoms with Crippen molar-refractivity contribution in [2.75, 3.05) is 30.3 Å². The lowest BCUT2D eigenvalue weighted by Gasteiger charge is -2.24. The molecule has 1 amide bonds. The Kier molecular flexibility index (Phi) is 4.21. The van der Waals surface area contributed by atoms with Gasteiger partial charge in [-0.1, -0.05) is 0 Å². The van der Waals surface area contributed by atoms with Crippen molar-refractivity contribution < 1.29 is 4.79 Å². The predicted octanol–water partition coefficient (Wildman–Crippen LogP) is 1.84. The number of anilines is 2. The van der Waals surface area contributed by atoms with Gasteiger partial charge in [-0.05, 0) is 26.0 Å². The van der Waals surface area contributed by atoms with E-state index in [0.717, 1.165) is 22.4 Å². The van der Waals surface area contributed by atoms with Crippen LogP contribution in [0.15, 0.2) is 17.6 Å². The van der Waals surface area contributed by atoms with E-state index in [4.69, 9.17) is 5.73 Å². The minimum atomic E-state index is 0.00197. The number of aromatic nitrogens is 1. The second-order valence-corrected chi connectivity index (χ2v) is 5.05. The Morgan fingerprint density at radius 1 is 1.47 bits per heavy atom. The number of nitrogen functional groups attached to an aromatic ring is 1. The monoisotopic (exact) mass is 278 g/mol. The van der Waals surface area contributed by atoms with E-state index in [9.17, 15) is 4.79 Å². The van der Waals surface area contributed by atoms with Crippen molar-refractivity contribution in [1.29, 1.82) is 0 Å². The van der Waals surface area contributed by atoms with E-state index in [2.05, 4.69) is 10.3 Å². The number of nitrogens with two attached hydrogens (primary N) is 1. The number of rotatable bonds is 5. The van der Waals surface area contributed by atoms with Crippen molar-refractivity contribution >= 4 is 38.8 Å². The van der Waals surface area contributed by atoms with Crippen LogP contribution in [0.4, 0.5) is 11.4 Å². The zero-order valence-corrected chi connectivity index (χ0v) is 12.0. The number of likely N-dealkylation sites (N-methyl/N-ethyl adjacent to an activating group) is 2. The number of amides is 1. The Bertz CT molecular complexity index is 581. The van der Waals surface area contributed by atoms with Gasteiger partial charge in [-0.25, -0.2) is 4.98 Å². The van der Waals surface area contributed by atoms with Crippen molar-refractivity contribution in [3.63, 3.8) is 0 Å². The van der Waals surface area contributed by atoms with Crippen LogP contribution in [0.1, 0.15) is 13.8 Å². The highest BCUT2D eigenvalue weighted by atomic mass is 32.1. The van der Waals surface area contributed by atoms with Gasteiger partial charge in [-0.2, -0.15) is 0 Å². The standard InChI is InChI=1S/C13H18N4OS/c1-3-15-11(18)7-17(4-2)9-5-6-10-13(12(9)14)16-8-19-10/h5-6,8H,3-4,7,14H2,1-2H3,(H,15,18). The molecule has 0 atom stereocenters. The summed E-state index contributed by atoms with van der Waals surface area (Å²) >= 11 is 1.56. The number of thiazole rings is 1. The van der Waals surface area contributed by atoms with Crippen LogP contribution in [0.5, 0.6) is 0 Å². The molecule has 2 aromatic rings. The molecule has 0 bridgehead atoms. The largest absolute Gasteiger partial charge is 0.395 e. The second-order valence-electron chi connectivity index (χ2n) is 4.17. The highest BCUT2D eigenvalue weighted by molar-refractivity contribution is 7.16. The van der Waals surface area contributed by atoms with Gasteiger partial charge in [0.2, 0.25) is 5.91 Å². The van der Waals surface area contributed by atoms with Gasteiger partial charge < -0.3 is 16.0 Å². The first-order valence-electron chi connectivity index (χ1n) is 6.30. The molecule has 0 aliphatic carbocycles. The molecular weight excluding hydrogens is 260 g/mol. The van der Waals surface area contributed by atoms with E-state index < -0.39 is 0 Å². The Labute approximate surface area is 116 Å². The van der Waals surface area contributed by atoms with Gasteiger partial charge in [-0.15, -0.1) is 11.3 Å². The molecule has 3 N–H and O–H groups in total. The normalized spacial score (nSPS) is 10.6. The summed E-state index contributed by atoms with van der Waals surface area (Å²) in [6, 6.07) is 3.96. The molecule has 102 valence electrons. The van der Waals surface area contributed by atoms with Crippen LogP contribution in [-0.2, 0) is 4.79 Å². The summed E-state index contributed by atoms with van der Waals surface area (Å²) in [6.45, 7) is 5.58. The van der Waals surface area contributed by atoms with Crippen molar-refractivity contribution in [2.24, 2.45) is 0 Å². The average Bonchev–Trinajstić information content (AvgIpc) is 2.86. The molecule has 2 rings (SSSR count). The summed E-state index contributed by atoms with van der Waals surface area (Å²) in [5.41, 5.74) is 10.3. The van der Waals surface area contributed by atoms with E-state index in [1.165, 1.54) is 0 Å². The van der Waals surface area contributed by atoms with Gasteiger partial charge in [0.15, 0.2) is 0 Å². The number of fused-ring (bicyclic) bond motifs is 1. The van der Waals surface area contributed by atoms with E-state index >= 15 is 0 Å². The van der Waals surface area contributed by atoms with Crippen LogP contribution >= 0.6 is 11.3 Å². The molecule has 0 unspecified atom stereocenters. The summed E-state index contributed by atoms with van der Waals surface area (Å²) in [5.74, 6) is 0.00197. The molecule has 0 fully saturated rings. The molecule has 1 aromatic heterocycles. The minimum Gasteiger partial charge on any atom is -0.395 e. The third kappa shape index (κ3) is 2.78. The molecule has 0 aliphatic rings. The smallest absolute Gasteiger partial charge is 0.239 e. The van der Waals surface area contributed by atoms with E-state index in [-0.39, 0.29) is 5.91 Å². The first kappa shape index (κ1) is 13.6. The maximum Gasteiger partial charge on any atom is 0.239 e. The molecule has 0 aliphatic heterocycles. The number of hydrogen-bond acceptors (Lipinski definition) is 5. The molecule has 0 spiro atoms. The van der Waals surface area contributed by atoms with Crippen molar-refractivity contribution in [3.05, 3.63) is 17.6 Å². The molecule has 0 saturated carbocycles. The summed E-state index contributed by atoms with van der Waals surface area (Å²) in [6.07, 6.45) is 0. The maximum atomic E-state index is 11.7. The molecule has 6 heteroatoms. The van der Waals surface area contributed by atoms with Gasteiger partial charge in [-0.3, -0.25) is 4.79 Å². The number of benzene rings is 1. The quantitative estimate of drug-likeness (QED) is 0.819. The third-order valence-electron chi connectivity index (χ3n) is 2.95. The lowest BCUT2D eigenvalue weighted by atomic mass is 10.2. The van der Waals surface area contributed by atoms with Gasteiger partial charge >= 0.3 is 0 Å². The number of nitrogens with zero attached hydrogens (tertiary/aromatic N) is 2. The van der Waals surface area contributed by atoms with Crippen LogP contribution in [-0.4, -0.2) is 30.5 Å². The number of carbonyl (C=O) groups excluding carboxylic acids is 1. The minimum absolute atomic E-state index is 0.00197. The second kappa shape index (κ2) is 5.88. The lowest BCUT2D eigenvalue weighted by molar-refractivity contribution is -0.119. The summed E-state index contributed by atoms with van der Waals surface area (Å²) in [7, 11) is 0. The topological polar surface area (TPSA) is 71.2 Å². The van der Waals surface area contributed by atoms with Crippen molar-refractivity contribution in [1.82, 2.24) is 10.3 Å².